The van der Waals surface area contributed by atoms with Crippen LogP contribution in [0.15, 0.2) is 45.8 Å². The molecule has 1 N–H and O–H groups in total. The Morgan fingerprint density at radius 1 is 1.04 bits per heavy atom. The lowest BCUT2D eigenvalue weighted by atomic mass is 10.2. The van der Waals surface area contributed by atoms with Gasteiger partial charge in [0.15, 0.2) is 17.2 Å². The highest BCUT2D eigenvalue weighted by Crippen LogP contribution is 2.41. The number of aliphatic imine (C=N–C) groups is 1. The van der Waals surface area contributed by atoms with Crippen molar-refractivity contribution < 1.29 is 23.7 Å². The quantitative estimate of drug-likeness (QED) is 0.658. The average Bonchev–Trinajstić information content (AvgIpc) is 3.05. The van der Waals surface area contributed by atoms with Crippen LogP contribution in [0.25, 0.3) is 11.5 Å². The molecule has 7 nitrogen and oxygen atoms in total. The van der Waals surface area contributed by atoms with Crippen molar-refractivity contribution in [3.63, 3.8) is 0 Å². The molecule has 1 heterocycles. The molecule has 0 aliphatic rings. The number of rotatable bonds is 6. The van der Waals surface area contributed by atoms with Gasteiger partial charge in [0.05, 0.1) is 33.2 Å². The summed E-state index contributed by atoms with van der Waals surface area (Å²) in [6.07, 6.45) is 1.45. The van der Waals surface area contributed by atoms with Crippen LogP contribution in [0.1, 0.15) is 11.3 Å². The van der Waals surface area contributed by atoms with Crippen LogP contribution >= 0.6 is 0 Å². The molecule has 0 amide bonds. The minimum Gasteiger partial charge on any atom is -0.493 e. The van der Waals surface area contributed by atoms with Crippen LogP contribution in [-0.2, 0) is 0 Å². The normalized spacial score (nSPS) is 11.0. The molecule has 0 fully saturated rings. The summed E-state index contributed by atoms with van der Waals surface area (Å²) in [6.45, 7) is 1.98. The lowest BCUT2D eigenvalue weighted by molar-refractivity contribution is 0.323. The largest absolute Gasteiger partial charge is 0.493 e. The molecule has 0 unspecified atom stereocenters. The topological polar surface area (TPSA) is 86.3 Å². The Labute approximate surface area is 156 Å². The molecule has 3 rings (SSSR count). The molecule has 0 saturated carbocycles. The van der Waals surface area contributed by atoms with E-state index in [0.29, 0.717) is 22.8 Å². The first kappa shape index (κ1) is 18.3. The molecule has 140 valence electrons. The highest BCUT2D eigenvalue weighted by Gasteiger charge is 2.18. The number of aromatic hydroxyl groups is 1. The first-order valence-electron chi connectivity index (χ1n) is 8.16. The molecular formula is C20H20N2O5. The van der Waals surface area contributed by atoms with Crippen molar-refractivity contribution in [2.45, 2.75) is 6.92 Å². The van der Waals surface area contributed by atoms with E-state index in [2.05, 4.69) is 9.98 Å². The molecule has 0 radical (unpaired) electrons. The molecule has 0 aliphatic carbocycles. The predicted molar refractivity (Wildman–Crippen MR) is 102 cm³/mol. The van der Waals surface area contributed by atoms with E-state index in [1.54, 1.807) is 12.1 Å². The molecule has 0 atom stereocenters. The van der Waals surface area contributed by atoms with E-state index in [-0.39, 0.29) is 17.5 Å². The summed E-state index contributed by atoms with van der Waals surface area (Å²) in [7, 11) is 4.57. The summed E-state index contributed by atoms with van der Waals surface area (Å²) in [5.74, 6) is 1.26. The van der Waals surface area contributed by atoms with Gasteiger partial charge in [-0.2, -0.15) is 0 Å². The van der Waals surface area contributed by atoms with Crippen molar-refractivity contribution in [1.82, 2.24) is 4.98 Å². The predicted octanol–water partition coefficient (Wildman–Crippen LogP) is 4.13. The van der Waals surface area contributed by atoms with Gasteiger partial charge in [0.1, 0.15) is 0 Å². The van der Waals surface area contributed by atoms with Crippen molar-refractivity contribution in [1.29, 1.82) is 0 Å². The van der Waals surface area contributed by atoms with Gasteiger partial charge < -0.3 is 23.7 Å². The van der Waals surface area contributed by atoms with Crippen LogP contribution in [0.3, 0.4) is 0 Å². The Balaban J connectivity index is 1.96. The molecule has 1 aromatic heterocycles. The Bertz CT molecular complexity index is 953. The molecule has 3 aromatic rings. The monoisotopic (exact) mass is 368 g/mol. The fourth-order valence-corrected chi connectivity index (χ4v) is 2.58. The van der Waals surface area contributed by atoms with E-state index in [1.807, 2.05) is 31.2 Å². The average molecular weight is 368 g/mol. The summed E-state index contributed by atoms with van der Waals surface area (Å²) in [5, 5.41) is 10.1. The van der Waals surface area contributed by atoms with Crippen molar-refractivity contribution >= 4 is 11.9 Å². The highest BCUT2D eigenvalue weighted by molar-refractivity contribution is 5.83. The maximum absolute atomic E-state index is 10.1. The Hall–Kier alpha value is -3.48. The van der Waals surface area contributed by atoms with E-state index >= 15 is 0 Å². The van der Waals surface area contributed by atoms with Crippen LogP contribution < -0.4 is 14.2 Å². The number of nitrogens with zero attached hydrogens (tertiary/aromatic N) is 2. The number of oxazole rings is 1. The fraction of sp³-hybridized carbons (Fsp3) is 0.200. The molecule has 0 aliphatic heterocycles. The van der Waals surface area contributed by atoms with Gasteiger partial charge in [0.25, 0.3) is 0 Å². The fourth-order valence-electron chi connectivity index (χ4n) is 2.58. The Morgan fingerprint density at radius 2 is 1.74 bits per heavy atom. The number of aromatic nitrogens is 1. The van der Waals surface area contributed by atoms with Crippen molar-refractivity contribution in [2.24, 2.45) is 4.99 Å². The number of aryl methyl sites for hydroxylation is 1. The maximum Gasteiger partial charge on any atom is 0.312 e. The summed E-state index contributed by atoms with van der Waals surface area (Å²) in [4.78, 5) is 8.63. The maximum atomic E-state index is 10.1. The molecule has 27 heavy (non-hydrogen) atoms. The first-order valence-corrected chi connectivity index (χ1v) is 8.16. The molecular weight excluding hydrogens is 348 g/mol. The number of ether oxygens (including phenoxy) is 3. The SMILES string of the molecule is COc1cc(-c2nc(C=Nc3cccc(C)c3)c(O)o2)cc(OC)c1OC. The van der Waals surface area contributed by atoms with Crippen molar-refractivity contribution in [3.05, 3.63) is 47.7 Å². The van der Waals surface area contributed by atoms with E-state index in [1.165, 1.54) is 27.5 Å². The van der Waals surface area contributed by atoms with Gasteiger partial charge in [-0.15, -0.1) is 0 Å². The van der Waals surface area contributed by atoms with Gasteiger partial charge in [0, 0.05) is 5.56 Å². The third kappa shape index (κ3) is 3.87. The molecule has 0 saturated heterocycles. The van der Waals surface area contributed by atoms with E-state index < -0.39 is 0 Å². The van der Waals surface area contributed by atoms with E-state index in [4.69, 9.17) is 18.6 Å². The first-order chi connectivity index (χ1) is 13.0. The molecule has 7 heteroatoms. The highest BCUT2D eigenvalue weighted by atomic mass is 16.5. The van der Waals surface area contributed by atoms with Gasteiger partial charge in [-0.25, -0.2) is 4.98 Å². The van der Waals surface area contributed by atoms with Crippen LogP contribution in [-0.4, -0.2) is 37.6 Å². The Kier molecular flexibility index (Phi) is 5.30. The van der Waals surface area contributed by atoms with Gasteiger partial charge in [-0.05, 0) is 36.8 Å². The zero-order valence-electron chi connectivity index (χ0n) is 15.5. The number of benzene rings is 2. The lowest BCUT2D eigenvalue weighted by Gasteiger charge is -2.12. The van der Waals surface area contributed by atoms with Crippen LogP contribution in [0.2, 0.25) is 0 Å². The summed E-state index contributed by atoms with van der Waals surface area (Å²) in [6, 6.07) is 11.1. The summed E-state index contributed by atoms with van der Waals surface area (Å²) >= 11 is 0. The van der Waals surface area contributed by atoms with Crippen LogP contribution in [0.4, 0.5) is 5.69 Å². The number of hydrogen-bond donors (Lipinski definition) is 1. The molecule has 0 bridgehead atoms. The van der Waals surface area contributed by atoms with Gasteiger partial charge >= 0.3 is 5.95 Å². The third-order valence-electron chi connectivity index (χ3n) is 3.88. The number of methoxy groups -OCH3 is 3. The molecule has 0 spiro atoms. The molecule has 2 aromatic carbocycles. The van der Waals surface area contributed by atoms with Crippen molar-refractivity contribution in [2.75, 3.05) is 21.3 Å². The second kappa shape index (κ2) is 7.82. The van der Waals surface area contributed by atoms with Crippen LogP contribution in [0, 0.1) is 6.92 Å². The second-order valence-corrected chi connectivity index (χ2v) is 5.72. The zero-order chi connectivity index (χ0) is 19.4. The summed E-state index contributed by atoms with van der Waals surface area (Å²) < 4.78 is 21.4. The Morgan fingerprint density at radius 3 is 2.33 bits per heavy atom. The van der Waals surface area contributed by atoms with E-state index in [0.717, 1.165) is 11.3 Å². The van der Waals surface area contributed by atoms with E-state index in [9.17, 15) is 5.11 Å². The third-order valence-corrected chi connectivity index (χ3v) is 3.88. The minimum absolute atomic E-state index is 0.206. The van der Waals surface area contributed by atoms with Gasteiger partial charge in [-0.1, -0.05) is 12.1 Å². The van der Waals surface area contributed by atoms with Gasteiger partial charge in [0.2, 0.25) is 11.6 Å². The standard InChI is InChI=1S/C20H20N2O5/c1-12-6-5-7-14(8-12)21-11-15-20(23)27-19(22-15)13-9-16(24-2)18(26-4)17(10-13)25-3/h5-11,23H,1-4H3. The van der Waals surface area contributed by atoms with Gasteiger partial charge in [-0.3, -0.25) is 4.99 Å². The number of hydrogen-bond acceptors (Lipinski definition) is 7. The minimum atomic E-state index is -0.324. The second-order valence-electron chi connectivity index (χ2n) is 5.72. The van der Waals surface area contributed by atoms with Crippen LogP contribution in [0.5, 0.6) is 23.2 Å². The van der Waals surface area contributed by atoms with Crippen molar-refractivity contribution in [3.8, 4) is 34.6 Å². The summed E-state index contributed by atoms with van der Waals surface area (Å²) in [5.41, 5.74) is 2.63. The zero-order valence-corrected chi connectivity index (χ0v) is 15.5. The smallest absolute Gasteiger partial charge is 0.312 e. The lowest BCUT2D eigenvalue weighted by Crippen LogP contribution is -1.95.